The van der Waals surface area contributed by atoms with Crippen molar-refractivity contribution >= 4 is 22.6 Å². The highest BCUT2D eigenvalue weighted by Gasteiger charge is 2.31. The molecule has 2 N–H and O–H groups in total. The number of carbonyl (C=O) groups excluding carboxylic acids is 1. The minimum Gasteiger partial charge on any atom is -0.406 e. The van der Waals surface area contributed by atoms with Crippen LogP contribution in [0.1, 0.15) is 12.1 Å². The van der Waals surface area contributed by atoms with Crippen LogP contribution in [0.4, 0.5) is 18.9 Å². The summed E-state index contributed by atoms with van der Waals surface area (Å²) < 4.78 is 42.8. The number of nitrogens with zero attached hydrogens (tertiary/aromatic N) is 4. The number of fused-ring (bicyclic) bond motifs is 1. The molecule has 3 aromatic rings. The van der Waals surface area contributed by atoms with Crippen LogP contribution < -0.4 is 15.0 Å². The Morgan fingerprint density at radius 1 is 1.31 bits per heavy atom. The highest BCUT2D eigenvalue weighted by atomic mass is 19.4. The molecule has 1 aliphatic heterocycles. The number of aliphatic hydroxyl groups excluding tert-OH is 1. The van der Waals surface area contributed by atoms with E-state index in [1.54, 1.807) is 6.20 Å². The third-order valence-electron chi connectivity index (χ3n) is 5.05. The van der Waals surface area contributed by atoms with Gasteiger partial charge in [-0.05, 0) is 42.8 Å². The average Bonchev–Trinajstić information content (AvgIpc) is 3.35. The van der Waals surface area contributed by atoms with Gasteiger partial charge in [0.05, 0.1) is 35.1 Å². The van der Waals surface area contributed by atoms with Crippen LogP contribution >= 0.6 is 0 Å². The number of rotatable bonds is 6. The fourth-order valence-electron chi connectivity index (χ4n) is 3.66. The van der Waals surface area contributed by atoms with Crippen LogP contribution in [0.15, 0.2) is 49.2 Å². The predicted molar refractivity (Wildman–Crippen MR) is 110 cm³/mol. The maximum Gasteiger partial charge on any atom is 0.573 e. The van der Waals surface area contributed by atoms with Crippen molar-refractivity contribution in [2.24, 2.45) is 0 Å². The minimum atomic E-state index is -4.78. The molecule has 0 saturated carbocycles. The van der Waals surface area contributed by atoms with Crippen molar-refractivity contribution in [3.05, 3.63) is 54.9 Å². The summed E-state index contributed by atoms with van der Waals surface area (Å²) >= 11 is 0. The number of aromatic nitrogens is 3. The number of pyridine rings is 1. The monoisotopic (exact) mass is 447 g/mol. The zero-order chi connectivity index (χ0) is 22.9. The lowest BCUT2D eigenvalue weighted by Gasteiger charge is -2.19. The van der Waals surface area contributed by atoms with E-state index in [1.807, 2.05) is 11.0 Å². The first kappa shape index (κ1) is 21.6. The molecule has 1 atom stereocenters. The number of carbonyl (C=O) groups is 1. The summed E-state index contributed by atoms with van der Waals surface area (Å²) in [6, 6.07) is 7.07. The van der Waals surface area contributed by atoms with Gasteiger partial charge in [-0.2, -0.15) is 5.10 Å². The fourth-order valence-corrected chi connectivity index (χ4v) is 3.66. The topological polar surface area (TPSA) is 92.5 Å². The van der Waals surface area contributed by atoms with Crippen LogP contribution in [-0.2, 0) is 11.3 Å². The molecule has 0 radical (unpaired) electrons. The number of aliphatic hydroxyl groups is 1. The summed E-state index contributed by atoms with van der Waals surface area (Å²) in [6.45, 7) is 4.63. The SMILES string of the molecule is C=CC(=O)NCc1nn(-c2ccc(OC(F)(F)F)cc2)c2nccc(N3CC[C@@H](O)C3)c12. The number of anilines is 1. The van der Waals surface area contributed by atoms with E-state index in [1.165, 1.54) is 28.9 Å². The first-order valence-electron chi connectivity index (χ1n) is 9.81. The van der Waals surface area contributed by atoms with Gasteiger partial charge in [0.25, 0.3) is 0 Å². The quantitative estimate of drug-likeness (QED) is 0.565. The van der Waals surface area contributed by atoms with Gasteiger partial charge in [-0.1, -0.05) is 6.58 Å². The molecule has 3 heterocycles. The number of hydrogen-bond acceptors (Lipinski definition) is 6. The Kier molecular flexibility index (Phi) is 5.74. The van der Waals surface area contributed by atoms with Crippen LogP contribution in [0.3, 0.4) is 0 Å². The molecule has 1 aliphatic rings. The van der Waals surface area contributed by atoms with Gasteiger partial charge < -0.3 is 20.1 Å². The fraction of sp³-hybridized carbons (Fsp3) is 0.286. The third kappa shape index (κ3) is 4.52. The molecule has 32 heavy (non-hydrogen) atoms. The van der Waals surface area contributed by atoms with Crippen molar-refractivity contribution in [2.75, 3.05) is 18.0 Å². The maximum absolute atomic E-state index is 12.5. The lowest BCUT2D eigenvalue weighted by atomic mass is 10.2. The number of β-amino-alcohol motifs (C(OH)–C–C–N with tert-alkyl or cyclic N) is 1. The van der Waals surface area contributed by atoms with Crippen molar-refractivity contribution < 1.29 is 27.8 Å². The number of benzene rings is 1. The van der Waals surface area contributed by atoms with E-state index in [4.69, 9.17) is 0 Å². The highest BCUT2D eigenvalue weighted by molar-refractivity contribution is 5.94. The first-order valence-corrected chi connectivity index (χ1v) is 9.81. The summed E-state index contributed by atoms with van der Waals surface area (Å²) in [7, 11) is 0. The molecular weight excluding hydrogens is 427 g/mol. The molecule has 4 rings (SSSR count). The van der Waals surface area contributed by atoms with Gasteiger partial charge in [0.15, 0.2) is 5.65 Å². The molecule has 0 aliphatic carbocycles. The zero-order valence-electron chi connectivity index (χ0n) is 16.8. The number of hydrogen-bond donors (Lipinski definition) is 2. The normalized spacial score (nSPS) is 16.4. The Morgan fingerprint density at radius 3 is 2.69 bits per heavy atom. The van der Waals surface area contributed by atoms with Gasteiger partial charge in [-0.15, -0.1) is 13.2 Å². The smallest absolute Gasteiger partial charge is 0.406 e. The second-order valence-corrected chi connectivity index (χ2v) is 7.24. The molecule has 2 aromatic heterocycles. The first-order chi connectivity index (χ1) is 15.2. The van der Waals surface area contributed by atoms with Crippen LogP contribution in [0, 0.1) is 0 Å². The van der Waals surface area contributed by atoms with Crippen molar-refractivity contribution in [3.8, 4) is 11.4 Å². The molecule has 0 spiro atoms. The highest BCUT2D eigenvalue weighted by Crippen LogP contribution is 2.33. The van der Waals surface area contributed by atoms with E-state index in [-0.39, 0.29) is 18.2 Å². The predicted octanol–water partition coefficient (Wildman–Crippen LogP) is 2.69. The average molecular weight is 447 g/mol. The van der Waals surface area contributed by atoms with Crippen LogP contribution in [-0.4, -0.2) is 51.3 Å². The van der Waals surface area contributed by atoms with E-state index in [0.717, 1.165) is 11.8 Å². The number of halogens is 3. The molecule has 8 nitrogen and oxygen atoms in total. The lowest BCUT2D eigenvalue weighted by molar-refractivity contribution is -0.274. The third-order valence-corrected chi connectivity index (χ3v) is 5.05. The van der Waals surface area contributed by atoms with Gasteiger partial charge in [0.1, 0.15) is 5.75 Å². The maximum atomic E-state index is 12.5. The zero-order valence-corrected chi connectivity index (χ0v) is 16.8. The Labute approximate surface area is 180 Å². The summed E-state index contributed by atoms with van der Waals surface area (Å²) in [4.78, 5) is 18.1. The van der Waals surface area contributed by atoms with Crippen molar-refractivity contribution in [1.29, 1.82) is 0 Å². The molecule has 0 unspecified atom stereocenters. The Morgan fingerprint density at radius 2 is 2.06 bits per heavy atom. The van der Waals surface area contributed by atoms with Gasteiger partial charge in [0.2, 0.25) is 5.91 Å². The van der Waals surface area contributed by atoms with E-state index < -0.39 is 12.5 Å². The minimum absolute atomic E-state index is 0.0959. The Bertz CT molecular complexity index is 1140. The van der Waals surface area contributed by atoms with Crippen LogP contribution in [0.2, 0.25) is 0 Å². The molecule has 11 heteroatoms. The van der Waals surface area contributed by atoms with Crippen LogP contribution in [0.5, 0.6) is 5.75 Å². The second kappa shape index (κ2) is 8.50. The lowest BCUT2D eigenvalue weighted by Crippen LogP contribution is -2.23. The second-order valence-electron chi connectivity index (χ2n) is 7.24. The van der Waals surface area contributed by atoms with E-state index >= 15 is 0 Å². The van der Waals surface area contributed by atoms with E-state index in [2.05, 4.69) is 26.7 Å². The van der Waals surface area contributed by atoms with Crippen LogP contribution in [0.25, 0.3) is 16.7 Å². The number of alkyl halides is 3. The number of amides is 1. The summed E-state index contributed by atoms with van der Waals surface area (Å²) in [6.07, 6.45) is -1.85. The standard InChI is InChI=1S/C21H20F3N5O3/c1-2-18(31)26-11-16-19-17(28-10-8-14(30)12-28)7-9-25-20(19)29(27-16)13-3-5-15(6-4-13)32-21(22,23)24/h2-7,9,14,30H,1,8,10-12H2,(H,26,31)/t14-/m1/s1. The molecule has 1 fully saturated rings. The van der Waals surface area contributed by atoms with E-state index in [9.17, 15) is 23.1 Å². The Hall–Kier alpha value is -3.60. The van der Waals surface area contributed by atoms with Crippen molar-refractivity contribution in [2.45, 2.75) is 25.4 Å². The largest absolute Gasteiger partial charge is 0.573 e. The van der Waals surface area contributed by atoms with Gasteiger partial charge >= 0.3 is 6.36 Å². The van der Waals surface area contributed by atoms with E-state index in [0.29, 0.717) is 41.9 Å². The summed E-state index contributed by atoms with van der Waals surface area (Å²) in [5.41, 5.74) is 2.26. The van der Waals surface area contributed by atoms with Crippen molar-refractivity contribution in [1.82, 2.24) is 20.1 Å². The molecule has 1 amide bonds. The molecule has 0 bridgehead atoms. The van der Waals surface area contributed by atoms with Gasteiger partial charge in [-0.3, -0.25) is 4.79 Å². The summed E-state index contributed by atoms with van der Waals surface area (Å²) in [5.74, 6) is -0.723. The number of nitrogens with one attached hydrogen (secondary N) is 1. The number of ether oxygens (including phenoxy) is 1. The molecule has 1 saturated heterocycles. The molecule has 168 valence electrons. The van der Waals surface area contributed by atoms with Gasteiger partial charge in [-0.25, -0.2) is 9.67 Å². The van der Waals surface area contributed by atoms with Gasteiger partial charge in [0, 0.05) is 19.3 Å². The molecular formula is C21H20F3N5O3. The van der Waals surface area contributed by atoms with Crippen molar-refractivity contribution in [3.63, 3.8) is 0 Å². The Balaban J connectivity index is 1.77. The summed E-state index contributed by atoms with van der Waals surface area (Å²) in [5, 5.41) is 17.9. The molecule has 1 aromatic carbocycles.